The van der Waals surface area contributed by atoms with Gasteiger partial charge >= 0.3 is 0 Å². The Morgan fingerprint density at radius 2 is 2.27 bits per heavy atom. The fraction of sp³-hybridized carbons (Fsp3) is 0.500. The molecule has 3 nitrogen and oxygen atoms in total. The van der Waals surface area contributed by atoms with Crippen LogP contribution in [0.5, 0.6) is 5.75 Å². The molecule has 1 saturated heterocycles. The summed E-state index contributed by atoms with van der Waals surface area (Å²) >= 11 is 0. The van der Waals surface area contributed by atoms with Gasteiger partial charge in [-0.3, -0.25) is 0 Å². The van der Waals surface area contributed by atoms with Crippen molar-refractivity contribution in [3.63, 3.8) is 0 Å². The summed E-state index contributed by atoms with van der Waals surface area (Å²) in [6, 6.07) is 6.21. The molecule has 1 aromatic carbocycles. The van der Waals surface area contributed by atoms with E-state index in [0.29, 0.717) is 11.8 Å². The molecule has 0 spiro atoms. The molecule has 0 bridgehead atoms. The van der Waals surface area contributed by atoms with Crippen LogP contribution in [-0.4, -0.2) is 36.2 Å². The van der Waals surface area contributed by atoms with Gasteiger partial charge in [-0.25, -0.2) is 0 Å². The lowest BCUT2D eigenvalue weighted by molar-refractivity contribution is 0.414. The van der Waals surface area contributed by atoms with Gasteiger partial charge < -0.3 is 15.3 Å². The number of hydrogen-bond donors (Lipinski definition) is 2. The summed E-state index contributed by atoms with van der Waals surface area (Å²) in [5, 5.41) is 12.9. The molecule has 0 radical (unpaired) electrons. The number of phenols is 1. The Labute approximate surface area is 90.7 Å². The summed E-state index contributed by atoms with van der Waals surface area (Å²) in [5.41, 5.74) is 2.02. The summed E-state index contributed by atoms with van der Waals surface area (Å²) in [4.78, 5) is 2.32. The van der Waals surface area contributed by atoms with Gasteiger partial charge in [0.25, 0.3) is 0 Å². The van der Waals surface area contributed by atoms with Gasteiger partial charge in [-0.2, -0.15) is 0 Å². The van der Waals surface area contributed by atoms with E-state index in [1.807, 2.05) is 19.1 Å². The first-order valence-electron chi connectivity index (χ1n) is 5.40. The van der Waals surface area contributed by atoms with Crippen molar-refractivity contribution in [2.24, 2.45) is 0 Å². The van der Waals surface area contributed by atoms with Gasteiger partial charge in [-0.1, -0.05) is 0 Å². The lowest BCUT2D eigenvalue weighted by Crippen LogP contribution is -2.23. The molecule has 1 aliphatic heterocycles. The average Bonchev–Trinajstić information content (AvgIpc) is 2.58. The number of hydrogen-bond acceptors (Lipinski definition) is 3. The van der Waals surface area contributed by atoms with Crippen molar-refractivity contribution in [2.75, 3.05) is 25.5 Å². The van der Waals surface area contributed by atoms with Crippen LogP contribution in [0.15, 0.2) is 18.2 Å². The highest BCUT2D eigenvalue weighted by Gasteiger charge is 2.18. The van der Waals surface area contributed by atoms with Crippen LogP contribution in [0.25, 0.3) is 0 Å². The van der Waals surface area contributed by atoms with Gasteiger partial charge in [0.1, 0.15) is 5.75 Å². The van der Waals surface area contributed by atoms with Gasteiger partial charge in [0.15, 0.2) is 0 Å². The van der Waals surface area contributed by atoms with Gasteiger partial charge in [-0.15, -0.1) is 0 Å². The number of nitrogens with zero attached hydrogens (tertiary/aromatic N) is 1. The molecule has 0 saturated carbocycles. The van der Waals surface area contributed by atoms with Crippen LogP contribution >= 0.6 is 0 Å². The maximum absolute atomic E-state index is 9.41. The van der Waals surface area contributed by atoms with Crippen LogP contribution in [0, 0.1) is 6.92 Å². The Hall–Kier alpha value is -1.22. The number of rotatable bonds is 2. The van der Waals surface area contributed by atoms with Crippen molar-refractivity contribution in [3.8, 4) is 5.75 Å². The quantitative estimate of drug-likeness (QED) is 0.724. The monoisotopic (exact) mass is 206 g/mol. The summed E-state index contributed by atoms with van der Waals surface area (Å²) in [5.74, 6) is 0.365. The predicted octanol–water partition coefficient (Wildman–Crippen LogP) is 1.82. The minimum atomic E-state index is 0.365. The molecule has 1 unspecified atom stereocenters. The number of anilines is 1. The third-order valence-electron chi connectivity index (χ3n) is 2.96. The van der Waals surface area contributed by atoms with Gasteiger partial charge in [0, 0.05) is 18.3 Å². The van der Waals surface area contributed by atoms with Crippen molar-refractivity contribution < 1.29 is 5.11 Å². The van der Waals surface area contributed by atoms with Crippen LogP contribution in [0.2, 0.25) is 0 Å². The number of aromatic hydroxyl groups is 1. The minimum absolute atomic E-state index is 0.365. The first-order chi connectivity index (χ1) is 7.15. The molecule has 0 amide bonds. The SMILES string of the molecule is Cc1cc(NC2CCN(C)C2)ccc1O. The topological polar surface area (TPSA) is 35.5 Å². The molecule has 0 aliphatic carbocycles. The second-order valence-electron chi connectivity index (χ2n) is 4.39. The van der Waals surface area contributed by atoms with Crippen LogP contribution in [-0.2, 0) is 0 Å². The minimum Gasteiger partial charge on any atom is -0.508 e. The zero-order valence-corrected chi connectivity index (χ0v) is 9.33. The molecule has 1 atom stereocenters. The smallest absolute Gasteiger partial charge is 0.118 e. The molecule has 3 heteroatoms. The third-order valence-corrected chi connectivity index (χ3v) is 2.96. The normalized spacial score (nSPS) is 21.9. The zero-order chi connectivity index (χ0) is 10.8. The summed E-state index contributed by atoms with van der Waals surface area (Å²) in [7, 11) is 2.14. The number of likely N-dealkylation sites (N-methyl/N-ethyl adjacent to an activating group) is 1. The molecular weight excluding hydrogens is 188 g/mol. The first-order valence-corrected chi connectivity index (χ1v) is 5.40. The van der Waals surface area contributed by atoms with E-state index in [9.17, 15) is 5.11 Å². The van der Waals surface area contributed by atoms with E-state index in [0.717, 1.165) is 24.3 Å². The number of benzene rings is 1. The number of aryl methyl sites for hydroxylation is 1. The van der Waals surface area contributed by atoms with E-state index in [1.54, 1.807) is 6.07 Å². The molecule has 1 fully saturated rings. The van der Waals surface area contributed by atoms with Crippen molar-refractivity contribution >= 4 is 5.69 Å². The summed E-state index contributed by atoms with van der Waals surface area (Å²) in [6.45, 7) is 4.18. The van der Waals surface area contributed by atoms with Crippen LogP contribution in [0.3, 0.4) is 0 Å². The summed E-state index contributed by atoms with van der Waals surface area (Å²) in [6.07, 6.45) is 1.19. The maximum atomic E-state index is 9.41. The fourth-order valence-electron chi connectivity index (χ4n) is 2.03. The van der Waals surface area contributed by atoms with Gasteiger partial charge in [-0.05, 0) is 50.7 Å². The Balaban J connectivity index is 2.02. The van der Waals surface area contributed by atoms with Gasteiger partial charge in [0.2, 0.25) is 0 Å². The largest absolute Gasteiger partial charge is 0.508 e. The second kappa shape index (κ2) is 4.11. The Kier molecular flexibility index (Phi) is 2.82. The summed E-state index contributed by atoms with van der Waals surface area (Å²) < 4.78 is 0. The van der Waals surface area contributed by atoms with E-state index in [2.05, 4.69) is 17.3 Å². The number of nitrogens with one attached hydrogen (secondary N) is 1. The van der Waals surface area contributed by atoms with Crippen molar-refractivity contribution in [2.45, 2.75) is 19.4 Å². The Bertz CT molecular complexity index is 351. The molecule has 1 aliphatic rings. The Morgan fingerprint density at radius 3 is 2.87 bits per heavy atom. The number of phenolic OH excluding ortho intramolecular Hbond substituents is 1. The highest BCUT2D eigenvalue weighted by atomic mass is 16.3. The van der Waals surface area contributed by atoms with E-state index < -0.39 is 0 Å². The van der Waals surface area contributed by atoms with Crippen molar-refractivity contribution in [1.82, 2.24) is 4.90 Å². The maximum Gasteiger partial charge on any atom is 0.118 e. The van der Waals surface area contributed by atoms with Crippen LogP contribution < -0.4 is 5.32 Å². The molecule has 0 aromatic heterocycles. The molecule has 1 aromatic rings. The molecule has 2 rings (SSSR count). The van der Waals surface area contributed by atoms with Crippen LogP contribution in [0.4, 0.5) is 5.69 Å². The van der Waals surface area contributed by atoms with E-state index in [1.165, 1.54) is 6.42 Å². The van der Waals surface area contributed by atoms with Crippen LogP contribution in [0.1, 0.15) is 12.0 Å². The highest BCUT2D eigenvalue weighted by molar-refractivity contribution is 5.51. The molecule has 2 N–H and O–H groups in total. The molecular formula is C12H18N2O. The fourth-order valence-corrected chi connectivity index (χ4v) is 2.03. The highest BCUT2D eigenvalue weighted by Crippen LogP contribution is 2.22. The third kappa shape index (κ3) is 2.42. The average molecular weight is 206 g/mol. The number of likely N-dealkylation sites (tertiary alicyclic amines) is 1. The lowest BCUT2D eigenvalue weighted by atomic mass is 10.2. The molecule has 15 heavy (non-hydrogen) atoms. The second-order valence-corrected chi connectivity index (χ2v) is 4.39. The predicted molar refractivity (Wildman–Crippen MR) is 62.4 cm³/mol. The Morgan fingerprint density at radius 1 is 1.47 bits per heavy atom. The zero-order valence-electron chi connectivity index (χ0n) is 9.33. The molecule has 1 heterocycles. The lowest BCUT2D eigenvalue weighted by Gasteiger charge is -2.14. The van der Waals surface area contributed by atoms with E-state index >= 15 is 0 Å². The standard InChI is InChI=1S/C12H18N2O/c1-9-7-10(3-4-12(9)15)13-11-5-6-14(2)8-11/h3-4,7,11,13,15H,5-6,8H2,1-2H3. The first kappa shape index (κ1) is 10.3. The molecule has 82 valence electrons. The van der Waals surface area contributed by atoms with E-state index in [4.69, 9.17) is 0 Å². The van der Waals surface area contributed by atoms with Crippen molar-refractivity contribution in [1.29, 1.82) is 0 Å². The van der Waals surface area contributed by atoms with E-state index in [-0.39, 0.29) is 0 Å². The van der Waals surface area contributed by atoms with Gasteiger partial charge in [0.05, 0.1) is 0 Å². The van der Waals surface area contributed by atoms with Crippen molar-refractivity contribution in [3.05, 3.63) is 23.8 Å².